The zero-order valence-electron chi connectivity index (χ0n) is 18.1. The Kier molecular flexibility index (Phi) is 3.54. The van der Waals surface area contributed by atoms with Crippen LogP contribution in [0.25, 0.3) is 0 Å². The second kappa shape index (κ2) is 5.11. The Morgan fingerprint density at radius 1 is 0.885 bits per heavy atom. The quantitative estimate of drug-likeness (QED) is 0.583. The Bertz CT molecular complexity index is 611. The van der Waals surface area contributed by atoms with Gasteiger partial charge in [-0.15, -0.1) is 0 Å². The molecule has 5 aliphatic rings. The molecule has 0 amide bonds. The molecule has 1 nitrogen and oxygen atoms in total. The second-order valence-corrected chi connectivity index (χ2v) is 12.6. The van der Waals surface area contributed by atoms with Gasteiger partial charge in [0.2, 0.25) is 0 Å². The largest absolute Gasteiger partial charge is 0.389 e. The van der Waals surface area contributed by atoms with Crippen molar-refractivity contribution in [1.29, 1.82) is 0 Å². The van der Waals surface area contributed by atoms with Crippen LogP contribution in [0.3, 0.4) is 0 Å². The lowest BCUT2D eigenvalue weighted by molar-refractivity contribution is -0.205. The number of fused-ring (bicyclic) bond motifs is 2. The maximum Gasteiger partial charge on any atom is 0.0732 e. The van der Waals surface area contributed by atoms with Gasteiger partial charge in [0.25, 0.3) is 0 Å². The van der Waals surface area contributed by atoms with Gasteiger partial charge in [-0.25, -0.2) is 0 Å². The summed E-state index contributed by atoms with van der Waals surface area (Å²) in [6.07, 6.45) is 10.7. The fourth-order valence-electron chi connectivity index (χ4n) is 10.5. The Morgan fingerprint density at radius 2 is 1.58 bits per heavy atom. The molecule has 26 heavy (non-hydrogen) atoms. The van der Waals surface area contributed by atoms with E-state index in [9.17, 15) is 5.11 Å². The van der Waals surface area contributed by atoms with E-state index in [2.05, 4.69) is 41.5 Å². The van der Waals surface area contributed by atoms with Crippen molar-refractivity contribution in [1.82, 2.24) is 0 Å². The molecule has 0 aromatic rings. The van der Waals surface area contributed by atoms with E-state index in [1.807, 2.05) is 0 Å². The third kappa shape index (κ3) is 1.79. The predicted molar refractivity (Wildman–Crippen MR) is 108 cm³/mol. The molecule has 0 spiro atoms. The van der Waals surface area contributed by atoms with Gasteiger partial charge in [0, 0.05) is 5.41 Å². The van der Waals surface area contributed by atoms with Gasteiger partial charge in [-0.1, -0.05) is 41.5 Å². The maximum atomic E-state index is 12.3. The third-order valence-corrected chi connectivity index (χ3v) is 11.8. The lowest BCUT2D eigenvalue weighted by atomic mass is 9.46. The highest BCUT2D eigenvalue weighted by Crippen LogP contribution is 2.80. The summed E-state index contributed by atoms with van der Waals surface area (Å²) in [6.45, 7) is 15.2. The Morgan fingerprint density at radius 3 is 2.27 bits per heavy atom. The smallest absolute Gasteiger partial charge is 0.0732 e. The molecular formula is C25H42O. The Labute approximate surface area is 161 Å². The van der Waals surface area contributed by atoms with Gasteiger partial charge < -0.3 is 5.11 Å². The van der Waals surface area contributed by atoms with E-state index in [0.717, 1.165) is 41.9 Å². The minimum atomic E-state index is -0.416. The molecule has 0 radical (unpaired) electrons. The van der Waals surface area contributed by atoms with Crippen LogP contribution in [0.4, 0.5) is 0 Å². The van der Waals surface area contributed by atoms with Crippen molar-refractivity contribution >= 4 is 0 Å². The molecule has 0 unspecified atom stereocenters. The highest BCUT2D eigenvalue weighted by atomic mass is 16.3. The average Bonchev–Trinajstić information content (AvgIpc) is 3.10. The van der Waals surface area contributed by atoms with Crippen molar-refractivity contribution in [3.63, 3.8) is 0 Å². The molecular weight excluding hydrogens is 316 g/mol. The molecule has 0 aliphatic heterocycles. The fourth-order valence-corrected chi connectivity index (χ4v) is 10.5. The summed E-state index contributed by atoms with van der Waals surface area (Å²) in [7, 11) is 0. The van der Waals surface area contributed by atoms with Crippen molar-refractivity contribution in [2.45, 2.75) is 98.5 Å². The molecule has 1 N–H and O–H groups in total. The van der Waals surface area contributed by atoms with Crippen molar-refractivity contribution in [3.05, 3.63) is 0 Å². The molecule has 5 aliphatic carbocycles. The van der Waals surface area contributed by atoms with Crippen LogP contribution in [-0.4, -0.2) is 10.7 Å². The molecule has 148 valence electrons. The van der Waals surface area contributed by atoms with Crippen molar-refractivity contribution in [2.24, 2.45) is 57.7 Å². The first kappa shape index (κ1) is 18.0. The van der Waals surface area contributed by atoms with Gasteiger partial charge in [0.05, 0.1) is 5.60 Å². The van der Waals surface area contributed by atoms with Gasteiger partial charge in [0.15, 0.2) is 0 Å². The van der Waals surface area contributed by atoms with Crippen LogP contribution in [0.2, 0.25) is 0 Å². The van der Waals surface area contributed by atoms with Gasteiger partial charge >= 0.3 is 0 Å². The SMILES string of the molecule is CC(C)[C@@H]1CC[C@]2(C)C[C@H](C)[C@@]3(O)CC[C@@H]4[C@H]5CC[C@]4(C)[C@H](C[C@@H]12)[C@]53C. The Balaban J connectivity index is 1.66. The fraction of sp³-hybridized carbons (Fsp3) is 1.00. The first-order valence-electron chi connectivity index (χ1n) is 11.8. The van der Waals surface area contributed by atoms with E-state index in [4.69, 9.17) is 0 Å². The van der Waals surface area contributed by atoms with Crippen LogP contribution >= 0.6 is 0 Å². The topological polar surface area (TPSA) is 20.2 Å². The summed E-state index contributed by atoms with van der Waals surface area (Å²) in [5.41, 5.74) is 0.725. The standard InChI is InChI=1S/C25H42O/c1-15(2)17-7-10-22(4)14-16(3)25(26)12-9-18-19-8-11-23(18,5)21(13-20(17)22)24(19,25)6/h15-21,26H,7-14H2,1-6H3/t16-,17-,18+,19+,20-,21-,22+,23-,24-,25-/m0/s1. The van der Waals surface area contributed by atoms with E-state index >= 15 is 0 Å². The van der Waals surface area contributed by atoms with Gasteiger partial charge in [0.1, 0.15) is 0 Å². The molecule has 0 aromatic heterocycles. The molecule has 0 heterocycles. The summed E-state index contributed by atoms with van der Waals surface area (Å²) >= 11 is 0. The number of aliphatic hydroxyl groups is 1. The molecule has 10 atom stereocenters. The molecule has 0 saturated heterocycles. The van der Waals surface area contributed by atoms with E-state index < -0.39 is 5.60 Å². The summed E-state index contributed by atoms with van der Waals surface area (Å²) in [5.74, 6) is 5.50. The van der Waals surface area contributed by atoms with Crippen LogP contribution < -0.4 is 0 Å². The van der Waals surface area contributed by atoms with E-state index in [1.54, 1.807) is 0 Å². The highest BCUT2D eigenvalue weighted by molar-refractivity contribution is 5.25. The van der Waals surface area contributed by atoms with Crippen molar-refractivity contribution in [3.8, 4) is 0 Å². The summed E-state index contributed by atoms with van der Waals surface area (Å²) in [6, 6.07) is 0. The molecule has 1 heteroatoms. The minimum Gasteiger partial charge on any atom is -0.389 e. The van der Waals surface area contributed by atoms with E-state index in [-0.39, 0.29) is 5.41 Å². The maximum absolute atomic E-state index is 12.3. The van der Waals surface area contributed by atoms with Crippen molar-refractivity contribution < 1.29 is 5.11 Å². The Hall–Kier alpha value is -0.0400. The minimum absolute atomic E-state index is 0.174. The van der Waals surface area contributed by atoms with Gasteiger partial charge in [-0.05, 0) is 104 Å². The lowest BCUT2D eigenvalue weighted by Crippen LogP contribution is -2.61. The molecule has 5 rings (SSSR count). The third-order valence-electron chi connectivity index (χ3n) is 11.8. The number of rotatable bonds is 1. The monoisotopic (exact) mass is 358 g/mol. The molecule has 0 aromatic carbocycles. The summed E-state index contributed by atoms with van der Waals surface area (Å²) in [4.78, 5) is 0. The van der Waals surface area contributed by atoms with E-state index in [1.165, 1.54) is 44.9 Å². The van der Waals surface area contributed by atoms with Crippen LogP contribution in [-0.2, 0) is 0 Å². The molecule has 5 fully saturated rings. The summed E-state index contributed by atoms with van der Waals surface area (Å²) in [5, 5.41) is 12.3. The average molecular weight is 359 g/mol. The normalized spacial score (nSPS) is 63.7. The van der Waals surface area contributed by atoms with Gasteiger partial charge in [-0.3, -0.25) is 0 Å². The van der Waals surface area contributed by atoms with Gasteiger partial charge in [-0.2, -0.15) is 0 Å². The lowest BCUT2D eigenvalue weighted by Gasteiger charge is -2.61. The van der Waals surface area contributed by atoms with Crippen molar-refractivity contribution in [2.75, 3.05) is 0 Å². The van der Waals surface area contributed by atoms with E-state index in [0.29, 0.717) is 16.7 Å². The first-order chi connectivity index (χ1) is 12.1. The first-order valence-corrected chi connectivity index (χ1v) is 11.8. The summed E-state index contributed by atoms with van der Waals surface area (Å²) < 4.78 is 0. The number of hydrogen-bond acceptors (Lipinski definition) is 1. The van der Waals surface area contributed by atoms with Crippen LogP contribution in [0.5, 0.6) is 0 Å². The van der Waals surface area contributed by atoms with Crippen LogP contribution in [0.1, 0.15) is 92.9 Å². The zero-order chi connectivity index (χ0) is 18.7. The predicted octanol–water partition coefficient (Wildman–Crippen LogP) is 6.30. The highest BCUT2D eigenvalue weighted by Gasteiger charge is 2.76. The molecule has 5 saturated carbocycles. The van der Waals surface area contributed by atoms with Crippen LogP contribution in [0, 0.1) is 57.7 Å². The number of hydrogen-bond donors (Lipinski definition) is 1. The zero-order valence-corrected chi connectivity index (χ0v) is 18.1. The van der Waals surface area contributed by atoms with Crippen LogP contribution in [0.15, 0.2) is 0 Å². The second-order valence-electron chi connectivity index (χ2n) is 12.6. The molecule has 4 bridgehead atoms.